The predicted octanol–water partition coefficient (Wildman–Crippen LogP) is 3.39. The van der Waals surface area contributed by atoms with E-state index in [0.29, 0.717) is 29.9 Å². The van der Waals surface area contributed by atoms with Gasteiger partial charge in [-0.3, -0.25) is 14.4 Å². The van der Waals surface area contributed by atoms with Gasteiger partial charge in [0.05, 0.1) is 5.56 Å². The predicted molar refractivity (Wildman–Crippen MR) is 127 cm³/mol. The summed E-state index contributed by atoms with van der Waals surface area (Å²) in [6.07, 6.45) is -2.12. The Balaban J connectivity index is 1.42. The molecule has 2 aromatic carbocycles. The van der Waals surface area contributed by atoms with E-state index in [4.69, 9.17) is 9.47 Å². The Morgan fingerprint density at radius 3 is 2.32 bits per heavy atom. The molecule has 1 atom stereocenters. The summed E-state index contributed by atoms with van der Waals surface area (Å²) in [5, 5.41) is 5.52. The Bertz CT molecular complexity index is 1170. The van der Waals surface area contributed by atoms with Crippen LogP contribution in [0.1, 0.15) is 39.1 Å². The first kappa shape index (κ1) is 26.1. The van der Waals surface area contributed by atoms with Gasteiger partial charge in [0, 0.05) is 30.8 Å². The van der Waals surface area contributed by atoms with Crippen molar-refractivity contribution in [2.45, 2.75) is 25.1 Å². The summed E-state index contributed by atoms with van der Waals surface area (Å²) in [6, 6.07) is 7.96. The van der Waals surface area contributed by atoms with E-state index in [1.807, 2.05) is 0 Å². The average Bonchev–Trinajstić information content (AvgIpc) is 3.37. The van der Waals surface area contributed by atoms with Crippen molar-refractivity contribution in [2.75, 3.05) is 26.4 Å². The molecule has 2 aliphatic rings. The van der Waals surface area contributed by atoms with E-state index in [1.54, 1.807) is 18.2 Å². The van der Waals surface area contributed by atoms with Gasteiger partial charge in [-0.25, -0.2) is 0 Å². The van der Waals surface area contributed by atoms with Gasteiger partial charge in [0.25, 0.3) is 11.8 Å². The van der Waals surface area contributed by atoms with Gasteiger partial charge in [-0.1, -0.05) is 6.08 Å². The van der Waals surface area contributed by atoms with E-state index in [1.165, 1.54) is 11.0 Å². The summed E-state index contributed by atoms with van der Waals surface area (Å²) < 4.78 is 49.0. The van der Waals surface area contributed by atoms with E-state index < -0.39 is 23.7 Å². The van der Waals surface area contributed by atoms with Crippen LogP contribution in [0.15, 0.2) is 55.1 Å². The van der Waals surface area contributed by atoms with E-state index in [0.717, 1.165) is 24.3 Å². The minimum Gasteiger partial charge on any atom is -0.454 e. The Kier molecular flexibility index (Phi) is 7.70. The molecule has 11 heteroatoms. The molecule has 0 saturated carbocycles. The van der Waals surface area contributed by atoms with E-state index >= 15 is 0 Å². The van der Waals surface area contributed by atoms with E-state index in [-0.39, 0.29) is 49.7 Å². The molecule has 2 heterocycles. The van der Waals surface area contributed by atoms with Crippen molar-refractivity contribution in [3.8, 4) is 11.5 Å². The van der Waals surface area contributed by atoms with Crippen LogP contribution in [0.3, 0.4) is 0 Å². The van der Waals surface area contributed by atoms with E-state index in [2.05, 4.69) is 17.2 Å². The second-order valence-electron chi connectivity index (χ2n) is 8.76. The molecule has 2 aliphatic heterocycles. The van der Waals surface area contributed by atoms with Gasteiger partial charge in [0.1, 0.15) is 6.04 Å². The highest BCUT2D eigenvalue weighted by atomic mass is 19.4. The zero-order valence-electron chi connectivity index (χ0n) is 19.8. The first-order chi connectivity index (χ1) is 17.7. The Hall–Kier alpha value is -4.02. The monoisotopic (exact) mass is 517 g/mol. The van der Waals surface area contributed by atoms with Crippen molar-refractivity contribution >= 4 is 17.7 Å². The number of alkyl halides is 3. The summed E-state index contributed by atoms with van der Waals surface area (Å²) in [5.41, 5.74) is -0.363. The Labute approximate surface area is 211 Å². The standard InChI is InChI=1S/C26H26F3N3O5/c1-2-11-30-24(34)22(31-23(33)18-5-8-20-21(14-18)37-15-36-20)16-9-12-32(13-10-16)25(35)17-3-6-19(7-4-17)26(27,28)29/h2-8,14,16,22H,1,9-13,15H2,(H,30,34)(H,31,33)/t22-/m1/s1. The molecular formula is C26H26F3N3O5. The minimum absolute atomic E-state index is 0.0662. The van der Waals surface area contributed by atoms with Gasteiger partial charge in [-0.15, -0.1) is 6.58 Å². The highest BCUT2D eigenvalue weighted by Crippen LogP contribution is 2.33. The molecule has 0 aliphatic carbocycles. The van der Waals surface area contributed by atoms with Crippen LogP contribution < -0.4 is 20.1 Å². The number of hydrogen-bond acceptors (Lipinski definition) is 5. The number of nitrogens with one attached hydrogen (secondary N) is 2. The van der Waals surface area contributed by atoms with Gasteiger partial charge in [0.15, 0.2) is 11.5 Å². The molecule has 2 N–H and O–H groups in total. The molecule has 0 unspecified atom stereocenters. The maximum absolute atomic E-state index is 13.0. The molecule has 196 valence electrons. The number of nitrogens with zero attached hydrogens (tertiary/aromatic N) is 1. The molecule has 4 rings (SSSR count). The van der Waals surface area contributed by atoms with Crippen LogP contribution in [0.25, 0.3) is 0 Å². The van der Waals surface area contributed by atoms with Crippen LogP contribution in [0.4, 0.5) is 13.2 Å². The van der Waals surface area contributed by atoms with Gasteiger partial charge in [-0.2, -0.15) is 13.2 Å². The van der Waals surface area contributed by atoms with Crippen LogP contribution in [0.2, 0.25) is 0 Å². The lowest BCUT2D eigenvalue weighted by molar-refractivity contribution is -0.137. The third kappa shape index (κ3) is 6.04. The first-order valence-corrected chi connectivity index (χ1v) is 11.7. The highest BCUT2D eigenvalue weighted by Gasteiger charge is 2.35. The average molecular weight is 518 g/mol. The maximum Gasteiger partial charge on any atom is 0.416 e. The van der Waals surface area contributed by atoms with Crippen molar-refractivity contribution in [3.63, 3.8) is 0 Å². The Morgan fingerprint density at radius 1 is 1.03 bits per heavy atom. The zero-order valence-corrected chi connectivity index (χ0v) is 19.8. The molecule has 0 bridgehead atoms. The minimum atomic E-state index is -4.48. The van der Waals surface area contributed by atoms with Crippen LogP contribution in [0.5, 0.6) is 11.5 Å². The number of benzene rings is 2. The van der Waals surface area contributed by atoms with Crippen molar-refractivity contribution in [2.24, 2.45) is 5.92 Å². The molecule has 0 aromatic heterocycles. The number of carbonyl (C=O) groups is 3. The topological polar surface area (TPSA) is 97.0 Å². The van der Waals surface area contributed by atoms with Crippen LogP contribution >= 0.6 is 0 Å². The third-order valence-corrected chi connectivity index (χ3v) is 6.38. The van der Waals surface area contributed by atoms with Gasteiger partial charge >= 0.3 is 6.18 Å². The summed E-state index contributed by atoms with van der Waals surface area (Å²) in [7, 11) is 0. The molecule has 2 aromatic rings. The number of halogens is 3. The summed E-state index contributed by atoms with van der Waals surface area (Å²) in [4.78, 5) is 40.3. The number of rotatable bonds is 7. The second kappa shape index (κ2) is 10.9. The van der Waals surface area contributed by atoms with Crippen molar-refractivity contribution in [1.29, 1.82) is 0 Å². The quantitative estimate of drug-likeness (QED) is 0.549. The fraction of sp³-hybridized carbons (Fsp3) is 0.346. The summed E-state index contributed by atoms with van der Waals surface area (Å²) in [6.45, 7) is 4.45. The fourth-order valence-corrected chi connectivity index (χ4v) is 4.36. The van der Waals surface area contributed by atoms with Gasteiger partial charge in [0.2, 0.25) is 12.7 Å². The number of ether oxygens (including phenoxy) is 2. The normalized spacial score (nSPS) is 16.1. The summed E-state index contributed by atoms with van der Waals surface area (Å²) in [5.74, 6) is -0.511. The van der Waals surface area contributed by atoms with Gasteiger partial charge < -0.3 is 25.0 Å². The Morgan fingerprint density at radius 2 is 1.68 bits per heavy atom. The van der Waals surface area contributed by atoms with Crippen LogP contribution in [-0.4, -0.2) is 55.1 Å². The first-order valence-electron chi connectivity index (χ1n) is 11.7. The molecule has 0 spiro atoms. The molecule has 1 fully saturated rings. The SMILES string of the molecule is C=CCNC(=O)[C@H](NC(=O)c1ccc2c(c1)OCO2)C1CCN(C(=O)c2ccc(C(F)(F)F)cc2)CC1. The van der Waals surface area contributed by atoms with Gasteiger partial charge in [-0.05, 0) is 61.2 Å². The lowest BCUT2D eigenvalue weighted by Crippen LogP contribution is -2.53. The molecule has 0 radical (unpaired) electrons. The fourth-order valence-electron chi connectivity index (χ4n) is 4.36. The lowest BCUT2D eigenvalue weighted by atomic mass is 9.88. The van der Waals surface area contributed by atoms with E-state index in [9.17, 15) is 27.6 Å². The number of carbonyl (C=O) groups excluding carboxylic acids is 3. The highest BCUT2D eigenvalue weighted by molar-refractivity contribution is 5.98. The molecule has 1 saturated heterocycles. The number of hydrogen-bond donors (Lipinski definition) is 2. The van der Waals surface area contributed by atoms with Crippen molar-refractivity contribution in [1.82, 2.24) is 15.5 Å². The number of piperidine rings is 1. The van der Waals surface area contributed by atoms with Crippen molar-refractivity contribution < 1.29 is 37.0 Å². The molecule has 3 amide bonds. The largest absolute Gasteiger partial charge is 0.454 e. The lowest BCUT2D eigenvalue weighted by Gasteiger charge is -2.36. The number of fused-ring (bicyclic) bond motifs is 1. The molecule has 37 heavy (non-hydrogen) atoms. The third-order valence-electron chi connectivity index (χ3n) is 6.38. The zero-order chi connectivity index (χ0) is 26.6. The molecule has 8 nitrogen and oxygen atoms in total. The summed E-state index contributed by atoms with van der Waals surface area (Å²) >= 11 is 0. The van der Waals surface area contributed by atoms with Crippen LogP contribution in [-0.2, 0) is 11.0 Å². The number of likely N-dealkylation sites (tertiary alicyclic amines) is 1. The smallest absolute Gasteiger partial charge is 0.416 e. The maximum atomic E-state index is 13.0. The van der Waals surface area contributed by atoms with Crippen molar-refractivity contribution in [3.05, 3.63) is 71.8 Å². The second-order valence-corrected chi connectivity index (χ2v) is 8.76. The molecular weight excluding hydrogens is 491 g/mol. The van der Waals surface area contributed by atoms with Crippen LogP contribution in [0, 0.1) is 5.92 Å². The number of amides is 3.